The summed E-state index contributed by atoms with van der Waals surface area (Å²) in [6, 6.07) is 0. The monoisotopic (exact) mass is 167 g/mol. The van der Waals surface area contributed by atoms with Gasteiger partial charge in [0.15, 0.2) is 0 Å². The number of hydrogen-bond acceptors (Lipinski definition) is 3. The molecular weight excluding hydrogens is 154 g/mol. The van der Waals surface area contributed by atoms with Gasteiger partial charge < -0.3 is 5.11 Å². The predicted octanol–water partition coefficient (Wildman–Crippen LogP) is -0.564. The van der Waals surface area contributed by atoms with E-state index in [1.165, 1.54) is 0 Å². The summed E-state index contributed by atoms with van der Waals surface area (Å²) in [5.41, 5.74) is 0. The predicted molar refractivity (Wildman–Crippen MR) is 38.9 cm³/mol. The topological polar surface area (TPSA) is 80.4 Å². The molecule has 0 aromatic heterocycles. The summed E-state index contributed by atoms with van der Waals surface area (Å²) < 4.78 is 21.1. The quantitative estimate of drug-likeness (QED) is 0.588. The minimum absolute atomic E-state index is 0.382. The SMILES string of the molecule is CCCC(CO)S(N)(=O)=O. The highest BCUT2D eigenvalue weighted by Crippen LogP contribution is 2.03. The standard InChI is InChI=1S/C5H13NO3S/c1-2-3-5(4-7)10(6,8)9/h5,7H,2-4H2,1H3,(H2,6,8,9). The van der Waals surface area contributed by atoms with Crippen LogP contribution in [0.15, 0.2) is 0 Å². The maximum atomic E-state index is 10.6. The lowest BCUT2D eigenvalue weighted by Gasteiger charge is -2.08. The van der Waals surface area contributed by atoms with Gasteiger partial charge in [-0.05, 0) is 6.42 Å². The van der Waals surface area contributed by atoms with Gasteiger partial charge in [0.25, 0.3) is 0 Å². The third-order valence-electron chi connectivity index (χ3n) is 1.28. The van der Waals surface area contributed by atoms with E-state index in [9.17, 15) is 8.42 Å². The van der Waals surface area contributed by atoms with E-state index in [-0.39, 0.29) is 6.61 Å². The van der Waals surface area contributed by atoms with Crippen molar-refractivity contribution >= 4 is 10.0 Å². The molecule has 0 heterocycles. The highest BCUT2D eigenvalue weighted by molar-refractivity contribution is 7.89. The molecule has 0 radical (unpaired) electrons. The second-order valence-electron chi connectivity index (χ2n) is 2.18. The maximum Gasteiger partial charge on any atom is 0.214 e. The van der Waals surface area contributed by atoms with Crippen molar-refractivity contribution in [2.45, 2.75) is 25.0 Å². The van der Waals surface area contributed by atoms with E-state index in [0.717, 1.165) is 0 Å². The van der Waals surface area contributed by atoms with Crippen molar-refractivity contribution in [2.24, 2.45) is 5.14 Å². The van der Waals surface area contributed by atoms with E-state index in [1.54, 1.807) is 0 Å². The number of rotatable bonds is 4. The van der Waals surface area contributed by atoms with Crippen molar-refractivity contribution in [3.05, 3.63) is 0 Å². The van der Waals surface area contributed by atoms with Crippen molar-refractivity contribution in [1.29, 1.82) is 0 Å². The first-order valence-electron chi connectivity index (χ1n) is 3.14. The summed E-state index contributed by atoms with van der Waals surface area (Å²) in [5.74, 6) is 0. The molecule has 3 N–H and O–H groups in total. The Labute approximate surface area is 61.1 Å². The number of primary sulfonamides is 1. The van der Waals surface area contributed by atoms with E-state index < -0.39 is 15.3 Å². The average molecular weight is 167 g/mol. The highest BCUT2D eigenvalue weighted by atomic mass is 32.2. The zero-order valence-corrected chi connectivity index (χ0v) is 6.76. The van der Waals surface area contributed by atoms with Crippen molar-refractivity contribution < 1.29 is 13.5 Å². The molecule has 0 aliphatic heterocycles. The molecule has 0 saturated carbocycles. The van der Waals surface area contributed by atoms with Gasteiger partial charge in [-0.15, -0.1) is 0 Å². The Kier molecular flexibility index (Phi) is 3.85. The Bertz CT molecular complexity index is 175. The van der Waals surface area contributed by atoms with Gasteiger partial charge in [0, 0.05) is 0 Å². The van der Waals surface area contributed by atoms with Crippen LogP contribution in [0.4, 0.5) is 0 Å². The smallest absolute Gasteiger partial charge is 0.214 e. The van der Waals surface area contributed by atoms with Crippen LogP contribution >= 0.6 is 0 Å². The Morgan fingerprint density at radius 2 is 2.10 bits per heavy atom. The molecule has 0 amide bonds. The van der Waals surface area contributed by atoms with Crippen molar-refractivity contribution in [3.63, 3.8) is 0 Å². The molecule has 1 unspecified atom stereocenters. The van der Waals surface area contributed by atoms with Crippen LogP contribution in [0.25, 0.3) is 0 Å². The molecule has 62 valence electrons. The van der Waals surface area contributed by atoms with Crippen LogP contribution < -0.4 is 5.14 Å². The van der Waals surface area contributed by atoms with Gasteiger partial charge in [-0.1, -0.05) is 13.3 Å². The molecule has 5 heteroatoms. The second-order valence-corrected chi connectivity index (χ2v) is 4.03. The molecule has 0 spiro atoms. The third kappa shape index (κ3) is 3.14. The molecule has 1 atom stereocenters. The minimum Gasteiger partial charge on any atom is -0.395 e. The Morgan fingerprint density at radius 3 is 2.20 bits per heavy atom. The first-order valence-corrected chi connectivity index (χ1v) is 4.75. The Morgan fingerprint density at radius 1 is 1.60 bits per heavy atom. The summed E-state index contributed by atoms with van der Waals surface area (Å²) in [7, 11) is -3.53. The van der Waals surface area contributed by atoms with Gasteiger partial charge in [0.05, 0.1) is 11.9 Å². The van der Waals surface area contributed by atoms with Crippen molar-refractivity contribution in [3.8, 4) is 0 Å². The Hall–Kier alpha value is -0.130. The lowest BCUT2D eigenvalue weighted by Crippen LogP contribution is -2.31. The lowest BCUT2D eigenvalue weighted by atomic mass is 10.3. The lowest BCUT2D eigenvalue weighted by molar-refractivity contribution is 0.285. The molecule has 0 fully saturated rings. The zero-order chi connectivity index (χ0) is 8.20. The van der Waals surface area contributed by atoms with Crippen LogP contribution in [0.3, 0.4) is 0 Å². The fourth-order valence-corrected chi connectivity index (χ4v) is 1.45. The van der Waals surface area contributed by atoms with Crippen LogP contribution in [0, 0.1) is 0 Å². The van der Waals surface area contributed by atoms with Gasteiger partial charge in [-0.25, -0.2) is 13.6 Å². The summed E-state index contributed by atoms with van der Waals surface area (Å²) in [6.07, 6.45) is 1.14. The fraction of sp³-hybridized carbons (Fsp3) is 1.00. The molecule has 4 nitrogen and oxygen atoms in total. The van der Waals surface area contributed by atoms with E-state index >= 15 is 0 Å². The van der Waals surface area contributed by atoms with Crippen LogP contribution in [-0.4, -0.2) is 25.4 Å². The minimum atomic E-state index is -3.53. The van der Waals surface area contributed by atoms with Gasteiger partial charge in [0.2, 0.25) is 10.0 Å². The molecule has 0 saturated heterocycles. The summed E-state index contributed by atoms with van der Waals surface area (Å²) in [4.78, 5) is 0. The fourth-order valence-electron chi connectivity index (χ4n) is 0.681. The van der Waals surface area contributed by atoms with Gasteiger partial charge in [-0.3, -0.25) is 0 Å². The van der Waals surface area contributed by atoms with Crippen LogP contribution in [0.1, 0.15) is 19.8 Å². The molecular formula is C5H13NO3S. The number of aliphatic hydroxyl groups excluding tert-OH is 1. The van der Waals surface area contributed by atoms with Crippen LogP contribution in [-0.2, 0) is 10.0 Å². The molecule has 0 rings (SSSR count). The second kappa shape index (κ2) is 3.90. The number of hydrogen-bond donors (Lipinski definition) is 2. The van der Waals surface area contributed by atoms with Crippen molar-refractivity contribution in [1.82, 2.24) is 0 Å². The van der Waals surface area contributed by atoms with Crippen LogP contribution in [0.5, 0.6) is 0 Å². The Balaban J connectivity index is 4.08. The summed E-state index contributed by atoms with van der Waals surface area (Å²) >= 11 is 0. The molecule has 0 bridgehead atoms. The van der Waals surface area contributed by atoms with Crippen molar-refractivity contribution in [2.75, 3.05) is 6.61 Å². The van der Waals surface area contributed by atoms with Gasteiger partial charge in [-0.2, -0.15) is 0 Å². The number of sulfonamides is 1. The third-order valence-corrected chi connectivity index (χ3v) is 2.59. The summed E-state index contributed by atoms with van der Waals surface area (Å²) in [6.45, 7) is 1.46. The van der Waals surface area contributed by atoms with E-state index in [0.29, 0.717) is 12.8 Å². The molecule has 10 heavy (non-hydrogen) atoms. The number of nitrogens with two attached hydrogens (primary N) is 1. The molecule has 0 aromatic carbocycles. The zero-order valence-electron chi connectivity index (χ0n) is 5.95. The normalized spacial score (nSPS) is 15.1. The van der Waals surface area contributed by atoms with E-state index in [1.807, 2.05) is 6.92 Å². The average Bonchev–Trinajstić information content (AvgIpc) is 1.80. The largest absolute Gasteiger partial charge is 0.395 e. The molecule has 0 aliphatic rings. The maximum absolute atomic E-state index is 10.6. The first kappa shape index (κ1) is 9.87. The van der Waals surface area contributed by atoms with Crippen LogP contribution in [0.2, 0.25) is 0 Å². The molecule has 0 aromatic rings. The highest BCUT2D eigenvalue weighted by Gasteiger charge is 2.18. The summed E-state index contributed by atoms with van der Waals surface area (Å²) in [5, 5.41) is 12.5. The van der Waals surface area contributed by atoms with Gasteiger partial charge in [0.1, 0.15) is 0 Å². The van der Waals surface area contributed by atoms with Gasteiger partial charge >= 0.3 is 0 Å². The number of aliphatic hydroxyl groups is 1. The first-order chi connectivity index (χ1) is 4.52. The van der Waals surface area contributed by atoms with E-state index in [4.69, 9.17) is 10.2 Å². The molecule has 0 aliphatic carbocycles. The van der Waals surface area contributed by atoms with E-state index in [2.05, 4.69) is 0 Å².